The van der Waals surface area contributed by atoms with Gasteiger partial charge in [-0.05, 0) is 61.4 Å². The van der Waals surface area contributed by atoms with Crippen LogP contribution in [0, 0.1) is 19.7 Å². The molecule has 2 aromatic carbocycles. The first-order valence-corrected chi connectivity index (χ1v) is 8.59. The van der Waals surface area contributed by atoms with Crippen LogP contribution in [0.4, 0.5) is 14.9 Å². The molecule has 0 atom stereocenters. The third-order valence-electron chi connectivity index (χ3n) is 4.05. The van der Waals surface area contributed by atoms with Crippen molar-refractivity contribution < 1.29 is 13.7 Å². The fourth-order valence-corrected chi connectivity index (χ4v) is 2.70. The van der Waals surface area contributed by atoms with Gasteiger partial charge in [0.2, 0.25) is 0 Å². The van der Waals surface area contributed by atoms with E-state index in [0.29, 0.717) is 30.2 Å². The largest absolute Gasteiger partial charge is 0.334 e. The number of aromatic nitrogens is 2. The minimum atomic E-state index is -0.324. The summed E-state index contributed by atoms with van der Waals surface area (Å²) < 4.78 is 18.2. The third kappa shape index (κ3) is 4.91. The number of carbonyl (C=O) groups is 1. The summed E-state index contributed by atoms with van der Waals surface area (Å²) in [7, 11) is 1.71. The quantitative estimate of drug-likeness (QED) is 0.733. The molecule has 0 aliphatic rings. The number of rotatable bonds is 5. The topological polar surface area (TPSA) is 71.3 Å². The molecule has 0 saturated carbocycles. The van der Waals surface area contributed by atoms with E-state index < -0.39 is 0 Å². The standard InChI is InChI=1S/C20H21FN4O2/c1-13-10-14(2)12-17(11-13)22-20(26)25(3)9-8-18-23-19(27-24-18)15-4-6-16(21)7-5-15/h4-7,10-12H,8-9H2,1-3H3,(H,22,26). The molecule has 0 spiro atoms. The van der Waals surface area contributed by atoms with Crippen molar-refractivity contribution in [1.29, 1.82) is 0 Å². The lowest BCUT2D eigenvalue weighted by Gasteiger charge is -2.17. The first-order chi connectivity index (χ1) is 12.9. The molecule has 0 bridgehead atoms. The van der Waals surface area contributed by atoms with Crippen molar-refractivity contribution >= 4 is 11.7 Å². The van der Waals surface area contributed by atoms with Crippen molar-refractivity contribution in [3.63, 3.8) is 0 Å². The van der Waals surface area contributed by atoms with E-state index >= 15 is 0 Å². The summed E-state index contributed by atoms with van der Waals surface area (Å²) >= 11 is 0. The summed E-state index contributed by atoms with van der Waals surface area (Å²) in [6.07, 6.45) is 0.446. The lowest BCUT2D eigenvalue weighted by atomic mass is 10.1. The van der Waals surface area contributed by atoms with Crippen LogP contribution in [0.1, 0.15) is 17.0 Å². The van der Waals surface area contributed by atoms with Crippen molar-refractivity contribution in [2.75, 3.05) is 18.9 Å². The number of benzene rings is 2. The maximum atomic E-state index is 13.0. The van der Waals surface area contributed by atoms with Crippen LogP contribution in [-0.4, -0.2) is 34.7 Å². The Bertz CT molecular complexity index is 917. The Labute approximate surface area is 157 Å². The molecule has 3 rings (SSSR count). The smallest absolute Gasteiger partial charge is 0.321 e. The molecule has 1 aromatic heterocycles. The molecule has 0 unspecified atom stereocenters. The maximum Gasteiger partial charge on any atom is 0.321 e. The molecular weight excluding hydrogens is 347 g/mol. The molecule has 1 heterocycles. The summed E-state index contributed by atoms with van der Waals surface area (Å²) in [5.41, 5.74) is 3.60. The van der Waals surface area contributed by atoms with Gasteiger partial charge in [-0.15, -0.1) is 0 Å². The first-order valence-electron chi connectivity index (χ1n) is 8.59. The Morgan fingerprint density at radius 1 is 1.15 bits per heavy atom. The van der Waals surface area contributed by atoms with Crippen molar-refractivity contribution in [1.82, 2.24) is 15.0 Å². The average molecular weight is 368 g/mol. The van der Waals surface area contributed by atoms with Gasteiger partial charge in [-0.3, -0.25) is 0 Å². The van der Waals surface area contributed by atoms with Crippen molar-refractivity contribution in [2.24, 2.45) is 0 Å². The number of hydrogen-bond donors (Lipinski definition) is 1. The summed E-state index contributed by atoms with van der Waals surface area (Å²) in [5, 5.41) is 6.80. The zero-order chi connectivity index (χ0) is 19.4. The van der Waals surface area contributed by atoms with Gasteiger partial charge in [0.1, 0.15) is 5.82 Å². The zero-order valence-electron chi connectivity index (χ0n) is 15.5. The van der Waals surface area contributed by atoms with E-state index in [2.05, 4.69) is 15.5 Å². The highest BCUT2D eigenvalue weighted by molar-refractivity contribution is 5.89. The van der Waals surface area contributed by atoms with Crippen molar-refractivity contribution in [3.05, 3.63) is 65.2 Å². The minimum Gasteiger partial charge on any atom is -0.334 e. The molecule has 0 fully saturated rings. The molecular formula is C20H21FN4O2. The van der Waals surface area contributed by atoms with Gasteiger partial charge in [0, 0.05) is 31.3 Å². The van der Waals surface area contributed by atoms with Gasteiger partial charge in [0.15, 0.2) is 5.82 Å². The van der Waals surface area contributed by atoms with E-state index in [1.807, 2.05) is 32.0 Å². The van der Waals surface area contributed by atoms with Crippen LogP contribution in [0.15, 0.2) is 47.0 Å². The predicted octanol–water partition coefficient (Wildman–Crippen LogP) is 4.20. The Morgan fingerprint density at radius 3 is 2.48 bits per heavy atom. The van der Waals surface area contributed by atoms with Gasteiger partial charge in [-0.25, -0.2) is 9.18 Å². The first kappa shape index (κ1) is 18.6. The van der Waals surface area contributed by atoms with Crippen LogP contribution in [0.5, 0.6) is 0 Å². The van der Waals surface area contributed by atoms with E-state index in [1.165, 1.54) is 12.1 Å². The van der Waals surface area contributed by atoms with Gasteiger partial charge in [-0.1, -0.05) is 11.2 Å². The minimum absolute atomic E-state index is 0.206. The number of aryl methyl sites for hydroxylation is 2. The number of hydrogen-bond acceptors (Lipinski definition) is 4. The van der Waals surface area contributed by atoms with Crippen LogP contribution >= 0.6 is 0 Å². The van der Waals surface area contributed by atoms with Gasteiger partial charge in [0.05, 0.1) is 0 Å². The number of urea groups is 1. The highest BCUT2D eigenvalue weighted by Gasteiger charge is 2.13. The average Bonchev–Trinajstić information content (AvgIpc) is 3.08. The molecule has 27 heavy (non-hydrogen) atoms. The molecule has 0 radical (unpaired) electrons. The van der Waals surface area contributed by atoms with Gasteiger partial charge in [0.25, 0.3) is 5.89 Å². The van der Waals surface area contributed by atoms with Gasteiger partial charge >= 0.3 is 6.03 Å². The van der Waals surface area contributed by atoms with Crippen LogP contribution in [0.3, 0.4) is 0 Å². The summed E-state index contributed by atoms with van der Waals surface area (Å²) in [4.78, 5) is 18.2. The summed E-state index contributed by atoms with van der Waals surface area (Å²) in [6.45, 7) is 4.40. The number of halogens is 1. The van der Waals surface area contributed by atoms with Crippen LogP contribution in [0.2, 0.25) is 0 Å². The second kappa shape index (κ2) is 7.99. The van der Waals surface area contributed by atoms with Gasteiger partial charge < -0.3 is 14.7 Å². The highest BCUT2D eigenvalue weighted by atomic mass is 19.1. The van der Waals surface area contributed by atoms with Crippen LogP contribution in [0.25, 0.3) is 11.5 Å². The Morgan fingerprint density at radius 2 is 1.81 bits per heavy atom. The van der Waals surface area contributed by atoms with E-state index in [0.717, 1.165) is 16.8 Å². The fraction of sp³-hybridized carbons (Fsp3) is 0.250. The van der Waals surface area contributed by atoms with E-state index in [1.54, 1.807) is 24.1 Å². The number of anilines is 1. The molecule has 0 aliphatic carbocycles. The lowest BCUT2D eigenvalue weighted by Crippen LogP contribution is -2.33. The van der Waals surface area contributed by atoms with Crippen LogP contribution < -0.4 is 5.32 Å². The monoisotopic (exact) mass is 368 g/mol. The molecule has 140 valence electrons. The van der Waals surface area contributed by atoms with Crippen molar-refractivity contribution in [2.45, 2.75) is 20.3 Å². The maximum absolute atomic E-state index is 13.0. The number of nitrogens with zero attached hydrogens (tertiary/aromatic N) is 3. The molecule has 0 aliphatic heterocycles. The lowest BCUT2D eigenvalue weighted by molar-refractivity contribution is 0.222. The Kier molecular flexibility index (Phi) is 5.49. The third-order valence-corrected chi connectivity index (χ3v) is 4.05. The molecule has 6 nitrogen and oxygen atoms in total. The second-order valence-corrected chi connectivity index (χ2v) is 6.50. The molecule has 7 heteroatoms. The second-order valence-electron chi connectivity index (χ2n) is 6.50. The van der Waals surface area contributed by atoms with Crippen LogP contribution in [-0.2, 0) is 6.42 Å². The Hall–Kier alpha value is -3.22. The summed E-state index contributed by atoms with van der Waals surface area (Å²) in [6, 6.07) is 11.5. The molecule has 2 amide bonds. The zero-order valence-corrected chi connectivity index (χ0v) is 15.5. The number of nitrogens with one attached hydrogen (secondary N) is 1. The molecule has 0 saturated heterocycles. The van der Waals surface area contributed by atoms with E-state index in [-0.39, 0.29) is 11.8 Å². The number of carbonyl (C=O) groups excluding carboxylic acids is 1. The number of amides is 2. The molecule has 1 N–H and O–H groups in total. The van der Waals surface area contributed by atoms with Gasteiger partial charge in [-0.2, -0.15) is 4.98 Å². The number of likely N-dealkylation sites (N-methyl/N-ethyl adjacent to an activating group) is 1. The normalized spacial score (nSPS) is 10.7. The fourth-order valence-electron chi connectivity index (χ4n) is 2.70. The van der Waals surface area contributed by atoms with Crippen molar-refractivity contribution in [3.8, 4) is 11.5 Å². The van der Waals surface area contributed by atoms with E-state index in [4.69, 9.17) is 4.52 Å². The molecule has 3 aromatic rings. The summed E-state index contributed by atoms with van der Waals surface area (Å²) in [5.74, 6) is 0.489. The SMILES string of the molecule is Cc1cc(C)cc(NC(=O)N(C)CCc2noc(-c3ccc(F)cc3)n2)c1. The highest BCUT2D eigenvalue weighted by Crippen LogP contribution is 2.18. The predicted molar refractivity (Wildman–Crippen MR) is 101 cm³/mol. The Balaban J connectivity index is 1.56. The van der Waals surface area contributed by atoms with E-state index in [9.17, 15) is 9.18 Å².